The first-order valence-electron chi connectivity index (χ1n) is 13.9. The van der Waals surface area contributed by atoms with Crippen molar-refractivity contribution >= 4 is 11.9 Å². The van der Waals surface area contributed by atoms with Crippen molar-refractivity contribution in [1.82, 2.24) is 0 Å². The van der Waals surface area contributed by atoms with E-state index < -0.39 is 140 Å². The van der Waals surface area contributed by atoms with Crippen LogP contribution in [-0.4, -0.2) is 96.7 Å². The van der Waals surface area contributed by atoms with Crippen LogP contribution in [0.1, 0.15) is 19.3 Å². The van der Waals surface area contributed by atoms with Crippen LogP contribution in [0.5, 0.6) is 0 Å². The number of hydrogen-bond donors (Lipinski definition) is 0. The molecule has 2 aliphatic carbocycles. The van der Waals surface area contributed by atoms with Crippen molar-refractivity contribution in [3.05, 3.63) is 12.2 Å². The second kappa shape index (κ2) is 13.8. The van der Waals surface area contributed by atoms with Crippen LogP contribution in [0, 0.1) is 23.7 Å². The summed E-state index contributed by atoms with van der Waals surface area (Å²) in [5.74, 6) is -89.0. The lowest BCUT2D eigenvalue weighted by Gasteiger charge is -2.39. The number of halogens is 26. The molecule has 1 fully saturated rings. The number of carbonyl (C=O) groups is 2. The van der Waals surface area contributed by atoms with Crippen LogP contribution in [-0.2, 0) is 19.1 Å². The van der Waals surface area contributed by atoms with Crippen molar-refractivity contribution in [1.29, 1.82) is 0 Å². The van der Waals surface area contributed by atoms with Crippen molar-refractivity contribution in [2.75, 3.05) is 13.2 Å². The Morgan fingerprint density at radius 1 is 0.400 bits per heavy atom. The largest absolute Gasteiger partial charge is 0.465 e. The van der Waals surface area contributed by atoms with Gasteiger partial charge in [-0.05, 0) is 18.3 Å². The van der Waals surface area contributed by atoms with Crippen molar-refractivity contribution in [2.45, 2.75) is 90.8 Å². The van der Waals surface area contributed by atoms with Crippen LogP contribution in [0.4, 0.5) is 114 Å². The topological polar surface area (TPSA) is 52.6 Å². The summed E-state index contributed by atoms with van der Waals surface area (Å²) in [7, 11) is 0. The molecule has 2 aliphatic rings. The zero-order chi connectivity index (χ0) is 43.8. The first kappa shape index (κ1) is 48.0. The molecule has 2 rings (SSSR count). The molecule has 4 atom stereocenters. The van der Waals surface area contributed by atoms with Gasteiger partial charge in [0.15, 0.2) is 0 Å². The Morgan fingerprint density at radius 2 is 0.636 bits per heavy atom. The minimum Gasteiger partial charge on any atom is -0.465 e. The highest BCUT2D eigenvalue weighted by atomic mass is 19.4. The summed E-state index contributed by atoms with van der Waals surface area (Å²) in [5, 5.41) is 0. The Labute approximate surface area is 286 Å². The number of ether oxygens (including phenoxy) is 2. The Morgan fingerprint density at radius 3 is 0.873 bits per heavy atom. The Balaban J connectivity index is 2.19. The molecule has 0 heterocycles. The monoisotopic (exact) mass is 874 g/mol. The zero-order valence-electron chi connectivity index (χ0n) is 25.5. The molecule has 0 aromatic carbocycles. The maximum atomic E-state index is 14.0. The molecule has 0 amide bonds. The number of fused-ring (bicyclic) bond motifs is 2. The van der Waals surface area contributed by atoms with E-state index >= 15 is 0 Å². The van der Waals surface area contributed by atoms with E-state index in [9.17, 15) is 124 Å². The summed E-state index contributed by atoms with van der Waals surface area (Å²) in [6.07, 6.45) is -19.9. The molecule has 0 aromatic heterocycles. The van der Waals surface area contributed by atoms with Crippen LogP contribution in [0.25, 0.3) is 0 Å². The number of alkyl halides is 26. The number of hydrogen-bond acceptors (Lipinski definition) is 4. The lowest BCUT2D eigenvalue weighted by molar-refractivity contribution is -0.440. The fourth-order valence-corrected chi connectivity index (χ4v) is 5.14. The Hall–Kier alpha value is -3.14. The van der Waals surface area contributed by atoms with Crippen molar-refractivity contribution < 1.29 is 133 Å². The zero-order valence-corrected chi connectivity index (χ0v) is 25.5. The van der Waals surface area contributed by atoms with Crippen LogP contribution < -0.4 is 0 Å². The lowest BCUT2D eigenvalue weighted by Crippen LogP contribution is -2.70. The lowest BCUT2D eigenvalue weighted by atomic mass is 9.83. The van der Waals surface area contributed by atoms with Crippen LogP contribution in [0.15, 0.2) is 12.2 Å². The molecule has 322 valence electrons. The van der Waals surface area contributed by atoms with Gasteiger partial charge < -0.3 is 9.47 Å². The molecule has 30 heteroatoms. The molecule has 0 unspecified atom stereocenters. The number of esters is 2. The standard InChI is InChI=1S/C25H16F26O4/c26-14(27,16(30,31)18(34,35)20(38,39)22(42,43)24(46,47)48)3-5-54-12(52)10-8-1-2-9(7-8)11(10)13(53)55-6-4-15(28,29)17(32,33)19(36,37)21(40,41)23(44,45)25(49,50)51/h1-2,8-11H,3-7H2/t8-,9+,10-,11-/m0/s1. The third kappa shape index (κ3) is 7.20. The van der Waals surface area contributed by atoms with E-state index in [-0.39, 0.29) is 0 Å². The molecular formula is C25H16F26O4. The molecule has 0 N–H and O–H groups in total. The van der Waals surface area contributed by atoms with E-state index in [1.54, 1.807) is 0 Å². The van der Waals surface area contributed by atoms with Gasteiger partial charge in [-0.1, -0.05) is 12.2 Å². The van der Waals surface area contributed by atoms with Crippen molar-refractivity contribution in [2.24, 2.45) is 23.7 Å². The fraction of sp³-hybridized carbons (Fsp3) is 0.840. The van der Waals surface area contributed by atoms with Crippen molar-refractivity contribution in [3.8, 4) is 0 Å². The third-order valence-corrected chi connectivity index (χ3v) is 8.32. The second-order valence-corrected chi connectivity index (χ2v) is 11.8. The molecule has 0 aromatic rings. The van der Waals surface area contributed by atoms with E-state index in [1.165, 1.54) is 0 Å². The minimum absolute atomic E-state index is 0.411. The quantitative estimate of drug-likeness (QED) is 0.0882. The first-order valence-corrected chi connectivity index (χ1v) is 13.9. The van der Waals surface area contributed by atoms with Gasteiger partial charge >= 0.3 is 83.5 Å². The summed E-state index contributed by atoms with van der Waals surface area (Å²) in [4.78, 5) is 25.0. The molecule has 4 nitrogen and oxygen atoms in total. The fourth-order valence-electron chi connectivity index (χ4n) is 5.14. The van der Waals surface area contributed by atoms with E-state index in [0.29, 0.717) is 0 Å². The predicted octanol–water partition coefficient (Wildman–Crippen LogP) is 9.77. The maximum absolute atomic E-state index is 14.0. The average Bonchev–Trinajstić information content (AvgIpc) is 3.61. The molecule has 0 aliphatic heterocycles. The highest BCUT2D eigenvalue weighted by Crippen LogP contribution is 2.62. The Bertz CT molecular complexity index is 1350. The van der Waals surface area contributed by atoms with Crippen LogP contribution >= 0.6 is 0 Å². The summed E-state index contributed by atoms with van der Waals surface area (Å²) in [6, 6.07) is 0. The van der Waals surface area contributed by atoms with Crippen LogP contribution in [0.2, 0.25) is 0 Å². The van der Waals surface area contributed by atoms with E-state index in [4.69, 9.17) is 0 Å². The van der Waals surface area contributed by atoms with Gasteiger partial charge in [0, 0.05) is 0 Å². The smallest absolute Gasteiger partial charge is 0.460 e. The van der Waals surface area contributed by atoms with Gasteiger partial charge in [-0.3, -0.25) is 9.59 Å². The van der Waals surface area contributed by atoms with E-state index in [0.717, 1.165) is 12.2 Å². The van der Waals surface area contributed by atoms with Crippen molar-refractivity contribution in [3.63, 3.8) is 0 Å². The van der Waals surface area contributed by atoms with Gasteiger partial charge in [0.25, 0.3) is 0 Å². The van der Waals surface area contributed by atoms with Gasteiger partial charge in [-0.15, -0.1) is 0 Å². The average molecular weight is 874 g/mol. The van der Waals surface area contributed by atoms with E-state index in [1.807, 2.05) is 0 Å². The number of allylic oxidation sites excluding steroid dienone is 2. The third-order valence-electron chi connectivity index (χ3n) is 8.32. The second-order valence-electron chi connectivity index (χ2n) is 11.8. The summed E-state index contributed by atoms with van der Waals surface area (Å²) < 4.78 is 353. The van der Waals surface area contributed by atoms with Gasteiger partial charge in [0.05, 0.1) is 37.9 Å². The number of rotatable bonds is 16. The SMILES string of the molecule is O=C(OCCC(F)(F)C(F)(F)C(F)(F)C(F)(F)C(F)(F)C(F)(F)F)[C@@H]1[C@@H](C(=O)OCCC(F)(F)C(F)(F)C(F)(F)C(F)(F)C(F)(F)C(F)(F)F)[C@H]2C=C[C@@H]1C2. The molecule has 1 saturated carbocycles. The minimum atomic E-state index is -8.25. The highest BCUT2D eigenvalue weighted by Gasteiger charge is 2.92. The highest BCUT2D eigenvalue weighted by molar-refractivity contribution is 5.84. The predicted molar refractivity (Wildman–Crippen MR) is 120 cm³/mol. The summed E-state index contributed by atoms with van der Waals surface area (Å²) in [6.45, 7) is -4.63. The Kier molecular flexibility index (Phi) is 12.0. The first-order chi connectivity index (χ1) is 24.0. The van der Waals surface area contributed by atoms with Gasteiger partial charge in [0.2, 0.25) is 0 Å². The van der Waals surface area contributed by atoms with Gasteiger partial charge in [0.1, 0.15) is 0 Å². The molecule has 0 spiro atoms. The molecular weight excluding hydrogens is 858 g/mol. The molecule has 55 heavy (non-hydrogen) atoms. The van der Waals surface area contributed by atoms with E-state index in [2.05, 4.69) is 9.47 Å². The summed E-state index contributed by atoms with van der Waals surface area (Å²) >= 11 is 0. The van der Waals surface area contributed by atoms with Crippen LogP contribution in [0.3, 0.4) is 0 Å². The molecule has 0 radical (unpaired) electrons. The van der Waals surface area contributed by atoms with Gasteiger partial charge in [-0.25, -0.2) is 0 Å². The maximum Gasteiger partial charge on any atom is 0.460 e. The summed E-state index contributed by atoms with van der Waals surface area (Å²) in [5.41, 5.74) is 0. The normalized spacial score (nSPS) is 22.7. The van der Waals surface area contributed by atoms with Gasteiger partial charge in [-0.2, -0.15) is 114 Å². The molecule has 0 saturated heterocycles. The number of carbonyl (C=O) groups excluding carboxylic acids is 2. The molecule has 2 bridgehead atoms.